The van der Waals surface area contributed by atoms with Crippen LogP contribution < -0.4 is 10.6 Å². The molecular weight excluding hydrogens is 298 g/mol. The van der Waals surface area contributed by atoms with E-state index in [0.717, 1.165) is 49.7 Å². The number of hydrogen-bond donors (Lipinski definition) is 2. The fourth-order valence-electron chi connectivity index (χ4n) is 6.96. The van der Waals surface area contributed by atoms with E-state index in [1.807, 2.05) is 0 Å². The first-order chi connectivity index (χ1) is 11.8. The molecule has 2 N–H and O–H groups in total. The molecule has 2 heterocycles. The zero-order chi connectivity index (χ0) is 16.1. The molecule has 4 bridgehead atoms. The Labute approximate surface area is 146 Å². The second kappa shape index (κ2) is 6.28. The van der Waals surface area contributed by atoms with Crippen molar-refractivity contribution >= 4 is 5.91 Å². The predicted molar refractivity (Wildman–Crippen MR) is 94.6 cm³/mol. The number of nitrogens with one attached hydrogen (secondary N) is 2. The summed E-state index contributed by atoms with van der Waals surface area (Å²) in [5.74, 6) is 3.89. The molecule has 0 unspecified atom stereocenters. The molecule has 2 saturated heterocycles. The Balaban J connectivity index is 1.21. The van der Waals surface area contributed by atoms with Crippen LogP contribution in [0.5, 0.6) is 0 Å². The molecule has 2 atom stereocenters. The van der Waals surface area contributed by atoms with E-state index in [9.17, 15) is 4.79 Å². The number of likely N-dealkylation sites (tertiary alicyclic amines) is 1. The Morgan fingerprint density at radius 1 is 1.00 bits per heavy atom. The van der Waals surface area contributed by atoms with Gasteiger partial charge < -0.3 is 10.6 Å². The van der Waals surface area contributed by atoms with Crippen molar-refractivity contribution in [3.05, 3.63) is 0 Å². The molecule has 0 aromatic carbocycles. The number of carbonyl (C=O) groups is 1. The van der Waals surface area contributed by atoms with Crippen molar-refractivity contribution in [3.8, 4) is 0 Å². The molecular formula is C20H33N3O. The average Bonchev–Trinajstić information content (AvgIpc) is 3.22. The largest absolute Gasteiger partial charge is 0.351 e. The Kier molecular flexibility index (Phi) is 4.09. The molecule has 6 aliphatic rings. The molecule has 24 heavy (non-hydrogen) atoms. The summed E-state index contributed by atoms with van der Waals surface area (Å²) >= 11 is 0. The molecule has 0 radical (unpaired) electrons. The third kappa shape index (κ3) is 2.80. The Bertz CT molecular complexity index is 459. The average molecular weight is 332 g/mol. The molecule has 134 valence electrons. The van der Waals surface area contributed by atoms with Gasteiger partial charge in [0, 0.05) is 18.6 Å². The van der Waals surface area contributed by atoms with Gasteiger partial charge in [-0.1, -0.05) is 0 Å². The third-order valence-corrected chi connectivity index (χ3v) is 7.82. The van der Waals surface area contributed by atoms with E-state index in [4.69, 9.17) is 0 Å². The van der Waals surface area contributed by atoms with Crippen molar-refractivity contribution in [2.75, 3.05) is 19.6 Å². The van der Waals surface area contributed by atoms with Gasteiger partial charge in [0.15, 0.2) is 0 Å². The second-order valence-electron chi connectivity index (χ2n) is 9.41. The number of hydrogen-bond acceptors (Lipinski definition) is 3. The van der Waals surface area contributed by atoms with E-state index in [2.05, 4.69) is 15.5 Å². The van der Waals surface area contributed by atoms with Gasteiger partial charge in [0.25, 0.3) is 0 Å². The van der Waals surface area contributed by atoms with Crippen LogP contribution in [-0.4, -0.2) is 48.6 Å². The first kappa shape index (κ1) is 15.6. The zero-order valence-electron chi connectivity index (χ0n) is 14.9. The summed E-state index contributed by atoms with van der Waals surface area (Å²) in [6.07, 6.45) is 11.9. The minimum atomic E-state index is 0.143. The zero-order valence-corrected chi connectivity index (χ0v) is 14.9. The van der Waals surface area contributed by atoms with Gasteiger partial charge >= 0.3 is 0 Å². The molecule has 1 amide bonds. The lowest BCUT2D eigenvalue weighted by Crippen LogP contribution is -2.58. The Morgan fingerprint density at radius 3 is 2.42 bits per heavy atom. The van der Waals surface area contributed by atoms with Crippen LogP contribution in [0.25, 0.3) is 0 Å². The molecule has 4 heteroatoms. The highest BCUT2D eigenvalue weighted by Gasteiger charge is 2.49. The lowest BCUT2D eigenvalue weighted by molar-refractivity contribution is -0.129. The van der Waals surface area contributed by atoms with Crippen molar-refractivity contribution in [1.82, 2.24) is 15.5 Å². The van der Waals surface area contributed by atoms with E-state index < -0.39 is 0 Å². The standard InChI is InChI=1S/C20H33N3O/c24-20(18-4-2-6-23(18)12-17-3-1-5-21-17)22-19-15-8-13-7-14(10-15)11-16(19)9-13/h13-19,21H,1-12H2,(H,22,24)/t13?,14?,15?,16?,17-,18+,19?/m0/s1. The van der Waals surface area contributed by atoms with Crippen molar-refractivity contribution in [1.29, 1.82) is 0 Å². The summed E-state index contributed by atoms with van der Waals surface area (Å²) in [6, 6.07) is 1.25. The van der Waals surface area contributed by atoms with Crippen molar-refractivity contribution in [2.24, 2.45) is 23.7 Å². The van der Waals surface area contributed by atoms with Crippen molar-refractivity contribution < 1.29 is 4.79 Å². The van der Waals surface area contributed by atoms with Gasteiger partial charge in [0.1, 0.15) is 0 Å². The molecule has 0 spiro atoms. The lowest BCUT2D eigenvalue weighted by atomic mass is 9.54. The summed E-state index contributed by atoms with van der Waals surface area (Å²) in [4.78, 5) is 15.5. The summed E-state index contributed by atoms with van der Waals surface area (Å²) in [7, 11) is 0. The topological polar surface area (TPSA) is 44.4 Å². The van der Waals surface area contributed by atoms with Gasteiger partial charge in [0.2, 0.25) is 5.91 Å². The normalized spacial score (nSPS) is 47.4. The molecule has 4 nitrogen and oxygen atoms in total. The first-order valence-corrected chi connectivity index (χ1v) is 10.5. The highest BCUT2D eigenvalue weighted by Crippen LogP contribution is 2.53. The molecule has 4 aliphatic carbocycles. The molecule has 6 fully saturated rings. The number of amides is 1. The fourth-order valence-corrected chi connectivity index (χ4v) is 6.96. The fraction of sp³-hybridized carbons (Fsp3) is 0.950. The van der Waals surface area contributed by atoms with Gasteiger partial charge in [-0.05, 0) is 94.5 Å². The van der Waals surface area contributed by atoms with Gasteiger partial charge in [-0.3, -0.25) is 9.69 Å². The maximum atomic E-state index is 13.0. The van der Waals surface area contributed by atoms with Crippen LogP contribution in [0.4, 0.5) is 0 Å². The van der Waals surface area contributed by atoms with E-state index in [0.29, 0.717) is 18.0 Å². The van der Waals surface area contributed by atoms with Gasteiger partial charge in [0.05, 0.1) is 6.04 Å². The van der Waals surface area contributed by atoms with E-state index in [-0.39, 0.29) is 6.04 Å². The maximum absolute atomic E-state index is 13.0. The summed E-state index contributed by atoms with van der Waals surface area (Å²) in [6.45, 7) is 3.33. The van der Waals surface area contributed by atoms with Crippen molar-refractivity contribution in [2.45, 2.75) is 75.9 Å². The molecule has 0 aromatic rings. The molecule has 4 saturated carbocycles. The summed E-state index contributed by atoms with van der Waals surface area (Å²) in [5.41, 5.74) is 0. The molecule has 2 aliphatic heterocycles. The van der Waals surface area contributed by atoms with Gasteiger partial charge in [-0.15, -0.1) is 0 Å². The Hall–Kier alpha value is -0.610. The van der Waals surface area contributed by atoms with E-state index >= 15 is 0 Å². The number of nitrogens with zero attached hydrogens (tertiary/aromatic N) is 1. The van der Waals surface area contributed by atoms with Gasteiger partial charge in [-0.25, -0.2) is 0 Å². The summed E-state index contributed by atoms with van der Waals surface area (Å²) in [5, 5.41) is 7.15. The predicted octanol–water partition coefficient (Wildman–Crippen LogP) is 2.14. The van der Waals surface area contributed by atoms with Crippen LogP contribution in [0, 0.1) is 23.7 Å². The monoisotopic (exact) mass is 331 g/mol. The first-order valence-electron chi connectivity index (χ1n) is 10.5. The highest BCUT2D eigenvalue weighted by molar-refractivity contribution is 5.82. The molecule has 6 rings (SSSR count). The summed E-state index contributed by atoms with van der Waals surface area (Å²) < 4.78 is 0. The maximum Gasteiger partial charge on any atom is 0.237 e. The van der Waals surface area contributed by atoms with Crippen LogP contribution in [0.15, 0.2) is 0 Å². The van der Waals surface area contributed by atoms with E-state index in [1.165, 1.54) is 51.4 Å². The number of carbonyl (C=O) groups excluding carboxylic acids is 1. The van der Waals surface area contributed by atoms with E-state index in [1.54, 1.807) is 0 Å². The van der Waals surface area contributed by atoms with Crippen molar-refractivity contribution in [3.63, 3.8) is 0 Å². The lowest BCUT2D eigenvalue weighted by Gasteiger charge is -2.54. The smallest absolute Gasteiger partial charge is 0.237 e. The highest BCUT2D eigenvalue weighted by atomic mass is 16.2. The molecule has 0 aromatic heterocycles. The minimum absolute atomic E-state index is 0.143. The van der Waals surface area contributed by atoms with Crippen LogP contribution in [0.2, 0.25) is 0 Å². The van der Waals surface area contributed by atoms with Gasteiger partial charge in [-0.2, -0.15) is 0 Å². The minimum Gasteiger partial charge on any atom is -0.351 e. The quantitative estimate of drug-likeness (QED) is 0.830. The Morgan fingerprint density at radius 2 is 1.75 bits per heavy atom. The van der Waals surface area contributed by atoms with Crippen LogP contribution in [0.3, 0.4) is 0 Å². The second-order valence-corrected chi connectivity index (χ2v) is 9.41. The van der Waals surface area contributed by atoms with Crippen LogP contribution in [0.1, 0.15) is 57.8 Å². The van der Waals surface area contributed by atoms with Crippen LogP contribution >= 0.6 is 0 Å². The number of rotatable bonds is 4. The SMILES string of the molecule is O=C(NC1C2CC3CC(C2)CC1C3)[C@H]1CCCN1C[C@@H]1CCCN1. The third-order valence-electron chi connectivity index (χ3n) is 7.82. The van der Waals surface area contributed by atoms with Crippen LogP contribution in [-0.2, 0) is 4.79 Å².